The highest BCUT2D eigenvalue weighted by Gasteiger charge is 2.47. The largest absolute Gasteiger partial charge is 0.441 e. The molecule has 9 nitrogen and oxygen atoms in total. The molecule has 3 aliphatic heterocycles. The number of likely N-dealkylation sites (N-methyl/N-ethyl adjacent to an activating group) is 1. The molecule has 146 valence electrons. The topological polar surface area (TPSA) is 88.1 Å². The van der Waals surface area contributed by atoms with Gasteiger partial charge in [-0.3, -0.25) is 4.79 Å². The number of morpholine rings is 1. The third-order valence-corrected chi connectivity index (χ3v) is 5.56. The molecule has 0 saturated carbocycles. The molecule has 1 spiro atoms. The molecule has 3 aliphatic rings. The van der Waals surface area contributed by atoms with Gasteiger partial charge in [-0.1, -0.05) is 0 Å². The quantitative estimate of drug-likeness (QED) is 0.771. The molecular formula is C18H25N5O4. The molecule has 1 aromatic heterocycles. The molecule has 3 saturated heterocycles. The van der Waals surface area contributed by atoms with E-state index in [0.717, 1.165) is 13.1 Å². The molecule has 2 amide bonds. The van der Waals surface area contributed by atoms with Crippen molar-refractivity contribution >= 4 is 17.9 Å². The molecule has 4 rings (SSSR count). The van der Waals surface area contributed by atoms with E-state index in [-0.39, 0.29) is 12.0 Å². The number of aromatic nitrogens is 2. The first kappa shape index (κ1) is 18.0. The van der Waals surface area contributed by atoms with Crippen molar-refractivity contribution in [2.75, 3.05) is 57.4 Å². The van der Waals surface area contributed by atoms with Crippen LogP contribution in [-0.2, 0) is 9.47 Å². The van der Waals surface area contributed by atoms with Gasteiger partial charge in [-0.05, 0) is 6.92 Å². The fourth-order valence-electron chi connectivity index (χ4n) is 3.85. The highest BCUT2D eigenvalue weighted by Crippen LogP contribution is 2.33. The maximum atomic E-state index is 12.8. The maximum Gasteiger partial charge on any atom is 0.410 e. The summed E-state index contributed by atoms with van der Waals surface area (Å²) in [6.07, 6.45) is 4.27. The minimum absolute atomic E-state index is 0.0740. The lowest BCUT2D eigenvalue weighted by Crippen LogP contribution is -2.48. The molecule has 9 heteroatoms. The first-order valence-corrected chi connectivity index (χ1v) is 9.52. The van der Waals surface area contributed by atoms with Crippen molar-refractivity contribution in [3.63, 3.8) is 0 Å². The van der Waals surface area contributed by atoms with Crippen molar-refractivity contribution in [1.82, 2.24) is 19.8 Å². The third-order valence-electron chi connectivity index (χ3n) is 5.56. The number of carbonyl (C=O) groups is 2. The van der Waals surface area contributed by atoms with Crippen LogP contribution in [0.25, 0.3) is 0 Å². The number of likely N-dealkylation sites (tertiary alicyclic amines) is 1. The van der Waals surface area contributed by atoms with Crippen molar-refractivity contribution in [2.45, 2.75) is 25.4 Å². The molecule has 1 aromatic rings. The van der Waals surface area contributed by atoms with E-state index in [2.05, 4.69) is 14.9 Å². The van der Waals surface area contributed by atoms with Crippen molar-refractivity contribution in [1.29, 1.82) is 0 Å². The van der Waals surface area contributed by atoms with Crippen LogP contribution in [0.1, 0.15) is 30.1 Å². The Morgan fingerprint density at radius 3 is 2.41 bits per heavy atom. The molecule has 0 radical (unpaired) electrons. The third kappa shape index (κ3) is 3.55. The Labute approximate surface area is 158 Å². The number of piperidine rings is 1. The SMILES string of the molecule is CCN1CC2(CCN(C(=O)c3cnc(N4CCOCC4)nc3)CC2)OC1=O. The molecule has 4 heterocycles. The lowest BCUT2D eigenvalue weighted by atomic mass is 9.91. The molecule has 3 fully saturated rings. The monoisotopic (exact) mass is 375 g/mol. The van der Waals surface area contributed by atoms with Crippen LogP contribution in [0.3, 0.4) is 0 Å². The maximum absolute atomic E-state index is 12.8. The van der Waals surface area contributed by atoms with Crippen molar-refractivity contribution < 1.29 is 19.1 Å². The summed E-state index contributed by atoms with van der Waals surface area (Å²) >= 11 is 0. The summed E-state index contributed by atoms with van der Waals surface area (Å²) in [4.78, 5) is 38.9. The molecular weight excluding hydrogens is 350 g/mol. The highest BCUT2D eigenvalue weighted by molar-refractivity contribution is 5.93. The average Bonchev–Trinajstić information content (AvgIpc) is 3.04. The summed E-state index contributed by atoms with van der Waals surface area (Å²) in [5.41, 5.74) is 0.0437. The van der Waals surface area contributed by atoms with Crippen molar-refractivity contribution in [2.24, 2.45) is 0 Å². The minimum atomic E-state index is -0.444. The number of ether oxygens (including phenoxy) is 2. The lowest BCUT2D eigenvalue weighted by molar-refractivity contribution is 0.00312. The van der Waals surface area contributed by atoms with Crippen LogP contribution in [-0.4, -0.2) is 89.9 Å². The number of carbonyl (C=O) groups excluding carboxylic acids is 2. The van der Waals surface area contributed by atoms with E-state index < -0.39 is 5.60 Å². The summed E-state index contributed by atoms with van der Waals surface area (Å²) in [7, 11) is 0. The Morgan fingerprint density at radius 2 is 1.81 bits per heavy atom. The van der Waals surface area contributed by atoms with Gasteiger partial charge < -0.3 is 24.2 Å². The number of hydrogen-bond donors (Lipinski definition) is 0. The van der Waals surface area contributed by atoms with Gasteiger partial charge in [0.1, 0.15) is 5.60 Å². The predicted molar refractivity (Wildman–Crippen MR) is 96.7 cm³/mol. The van der Waals surface area contributed by atoms with E-state index >= 15 is 0 Å². The second-order valence-electron chi connectivity index (χ2n) is 7.23. The number of rotatable bonds is 3. The summed E-state index contributed by atoms with van der Waals surface area (Å²) < 4.78 is 10.9. The van der Waals surface area contributed by atoms with Crippen LogP contribution in [0, 0.1) is 0 Å². The summed E-state index contributed by atoms with van der Waals surface area (Å²) in [5, 5.41) is 0. The minimum Gasteiger partial charge on any atom is -0.441 e. The average molecular weight is 375 g/mol. The molecule has 0 N–H and O–H groups in total. The van der Waals surface area contributed by atoms with E-state index in [0.29, 0.717) is 63.7 Å². The van der Waals surface area contributed by atoms with E-state index in [1.807, 2.05) is 6.92 Å². The summed E-state index contributed by atoms with van der Waals surface area (Å²) in [6.45, 7) is 7.18. The lowest BCUT2D eigenvalue weighted by Gasteiger charge is -2.37. The fraction of sp³-hybridized carbons (Fsp3) is 0.667. The molecule has 0 aromatic carbocycles. The Kier molecular flexibility index (Phi) is 4.86. The van der Waals surface area contributed by atoms with Gasteiger partial charge in [-0.2, -0.15) is 0 Å². The van der Waals surface area contributed by atoms with E-state index in [9.17, 15) is 9.59 Å². The smallest absolute Gasteiger partial charge is 0.410 e. The Bertz CT molecular complexity index is 696. The van der Waals surface area contributed by atoms with Crippen molar-refractivity contribution in [3.8, 4) is 0 Å². The fourth-order valence-corrected chi connectivity index (χ4v) is 3.85. The predicted octanol–water partition coefficient (Wildman–Crippen LogP) is 0.760. The first-order chi connectivity index (χ1) is 13.1. The van der Waals surface area contributed by atoms with E-state index in [4.69, 9.17) is 9.47 Å². The molecule has 27 heavy (non-hydrogen) atoms. The number of hydrogen-bond acceptors (Lipinski definition) is 7. The van der Waals surface area contributed by atoms with Crippen LogP contribution in [0.15, 0.2) is 12.4 Å². The summed E-state index contributed by atoms with van der Waals surface area (Å²) in [5.74, 6) is 0.556. The summed E-state index contributed by atoms with van der Waals surface area (Å²) in [6, 6.07) is 0. The van der Waals surface area contributed by atoms with Gasteiger partial charge in [0.05, 0.1) is 25.3 Å². The number of amides is 2. The van der Waals surface area contributed by atoms with Gasteiger partial charge in [0.25, 0.3) is 5.91 Å². The first-order valence-electron chi connectivity index (χ1n) is 9.52. The zero-order valence-electron chi connectivity index (χ0n) is 15.6. The van der Waals surface area contributed by atoms with Gasteiger partial charge in [-0.25, -0.2) is 14.8 Å². The molecule has 0 unspecified atom stereocenters. The highest BCUT2D eigenvalue weighted by atomic mass is 16.6. The van der Waals surface area contributed by atoms with Crippen LogP contribution in [0.4, 0.5) is 10.7 Å². The van der Waals surface area contributed by atoms with E-state index in [1.165, 1.54) is 0 Å². The second-order valence-corrected chi connectivity index (χ2v) is 7.23. The Hall–Kier alpha value is -2.42. The number of anilines is 1. The number of nitrogens with zero attached hydrogens (tertiary/aromatic N) is 5. The van der Waals surface area contributed by atoms with Crippen LogP contribution in [0.2, 0.25) is 0 Å². The van der Waals surface area contributed by atoms with E-state index in [1.54, 1.807) is 22.2 Å². The van der Waals surface area contributed by atoms with Crippen LogP contribution >= 0.6 is 0 Å². The molecule has 0 bridgehead atoms. The Morgan fingerprint density at radius 1 is 1.15 bits per heavy atom. The zero-order chi connectivity index (χ0) is 18.9. The van der Waals surface area contributed by atoms with Gasteiger partial charge >= 0.3 is 6.09 Å². The van der Waals surface area contributed by atoms with Gasteiger partial charge in [-0.15, -0.1) is 0 Å². The van der Waals surface area contributed by atoms with Gasteiger partial charge in [0.2, 0.25) is 5.95 Å². The normalized spacial score (nSPS) is 22.3. The van der Waals surface area contributed by atoms with Gasteiger partial charge in [0.15, 0.2) is 0 Å². The van der Waals surface area contributed by atoms with Crippen LogP contribution < -0.4 is 4.90 Å². The second kappa shape index (κ2) is 7.30. The van der Waals surface area contributed by atoms with Gasteiger partial charge in [0, 0.05) is 58.0 Å². The molecule has 0 atom stereocenters. The Balaban J connectivity index is 1.36. The zero-order valence-corrected chi connectivity index (χ0v) is 15.6. The van der Waals surface area contributed by atoms with Crippen molar-refractivity contribution in [3.05, 3.63) is 18.0 Å². The van der Waals surface area contributed by atoms with Crippen LogP contribution in [0.5, 0.6) is 0 Å². The molecule has 0 aliphatic carbocycles. The standard InChI is InChI=1S/C18H25N5O4/c1-2-21-13-18(27-17(21)25)3-5-22(6-4-18)15(24)14-11-19-16(20-12-14)23-7-9-26-10-8-23/h11-12H,2-10,13H2,1H3.